The van der Waals surface area contributed by atoms with E-state index >= 15 is 0 Å². The van der Waals surface area contributed by atoms with Crippen LogP contribution in [0.1, 0.15) is 6.92 Å². The van der Waals surface area contributed by atoms with Crippen LogP contribution in [0.25, 0.3) is 22.4 Å². The van der Waals surface area contributed by atoms with E-state index < -0.39 is 0 Å². The topological polar surface area (TPSA) is 37.9 Å². The van der Waals surface area contributed by atoms with Gasteiger partial charge in [0.2, 0.25) is 0 Å². The van der Waals surface area contributed by atoms with Crippen molar-refractivity contribution in [3.05, 3.63) is 44.4 Å². The van der Waals surface area contributed by atoms with Crippen molar-refractivity contribution in [1.29, 1.82) is 0 Å². The summed E-state index contributed by atoms with van der Waals surface area (Å²) in [6, 6.07) is 6.93. The minimum atomic E-state index is 0.431. The van der Waals surface area contributed by atoms with Crippen molar-refractivity contribution in [2.24, 2.45) is 0 Å². The second kappa shape index (κ2) is 6.17. The van der Waals surface area contributed by atoms with E-state index in [9.17, 15) is 0 Å². The molecule has 114 valence electrons. The molecule has 0 amide bonds. The van der Waals surface area contributed by atoms with E-state index in [1.165, 1.54) is 0 Å². The molecule has 1 aromatic heterocycles. The Labute approximate surface area is 147 Å². The summed E-state index contributed by atoms with van der Waals surface area (Å²) >= 11 is 24.5. The number of nitrogens with one attached hydrogen (secondary N) is 1. The zero-order valence-corrected chi connectivity index (χ0v) is 14.4. The van der Waals surface area contributed by atoms with Gasteiger partial charge in [0.25, 0.3) is 0 Å². The van der Waals surface area contributed by atoms with Crippen LogP contribution < -0.4 is 4.74 Å². The van der Waals surface area contributed by atoms with Gasteiger partial charge in [-0.05, 0) is 31.2 Å². The number of halogens is 4. The molecule has 3 rings (SSSR count). The molecular formula is C15H10Cl4N2O. The van der Waals surface area contributed by atoms with E-state index in [1.54, 1.807) is 24.3 Å². The molecule has 0 bridgehead atoms. The summed E-state index contributed by atoms with van der Waals surface area (Å²) in [6.45, 7) is 2.35. The number of nitrogens with zero attached hydrogens (tertiary/aromatic N) is 1. The van der Waals surface area contributed by atoms with Crippen LogP contribution in [0.15, 0.2) is 24.3 Å². The molecule has 0 fully saturated rings. The number of benzene rings is 2. The van der Waals surface area contributed by atoms with Crippen LogP contribution in [0.4, 0.5) is 0 Å². The average Bonchev–Trinajstić information content (AvgIpc) is 2.86. The highest BCUT2D eigenvalue weighted by Gasteiger charge is 2.13. The fourth-order valence-electron chi connectivity index (χ4n) is 2.12. The quantitative estimate of drug-likeness (QED) is 0.588. The second-order valence-corrected chi connectivity index (χ2v) is 6.20. The van der Waals surface area contributed by atoms with Crippen molar-refractivity contribution < 1.29 is 4.74 Å². The first-order valence-corrected chi connectivity index (χ1v) is 7.97. The maximum atomic E-state index is 6.22. The summed E-state index contributed by atoms with van der Waals surface area (Å²) in [6.07, 6.45) is 0. The lowest BCUT2D eigenvalue weighted by Crippen LogP contribution is -1.94. The SMILES string of the molecule is CCOc1c(Cl)cc(-c2nc3cc(Cl)c(Cl)cc3[nH]2)cc1Cl. The number of fused-ring (bicyclic) bond motifs is 1. The fraction of sp³-hybridized carbons (Fsp3) is 0.133. The molecule has 3 nitrogen and oxygen atoms in total. The Hall–Kier alpha value is -1.13. The van der Waals surface area contributed by atoms with Gasteiger partial charge in [0.1, 0.15) is 5.82 Å². The van der Waals surface area contributed by atoms with Gasteiger partial charge in [0.15, 0.2) is 5.75 Å². The van der Waals surface area contributed by atoms with E-state index in [1.807, 2.05) is 6.92 Å². The van der Waals surface area contributed by atoms with Crippen molar-refractivity contribution >= 4 is 57.4 Å². The molecule has 0 saturated heterocycles. The zero-order chi connectivity index (χ0) is 15.9. The molecule has 7 heteroatoms. The normalized spacial score (nSPS) is 11.1. The first-order valence-electron chi connectivity index (χ1n) is 6.46. The van der Waals surface area contributed by atoms with Crippen LogP contribution in [-0.4, -0.2) is 16.6 Å². The van der Waals surface area contributed by atoms with Crippen molar-refractivity contribution in [3.8, 4) is 17.1 Å². The third kappa shape index (κ3) is 2.86. The number of hydrogen-bond donors (Lipinski definition) is 1. The Balaban J connectivity index is 2.11. The Kier molecular flexibility index (Phi) is 4.42. The molecule has 0 spiro atoms. The summed E-state index contributed by atoms with van der Waals surface area (Å²) in [4.78, 5) is 7.66. The molecule has 0 aliphatic rings. The molecule has 0 aliphatic heterocycles. The Morgan fingerprint density at radius 2 is 1.59 bits per heavy atom. The first kappa shape index (κ1) is 15.8. The first-order chi connectivity index (χ1) is 10.5. The summed E-state index contributed by atoms with van der Waals surface area (Å²) in [5.41, 5.74) is 2.25. The number of aromatic amines is 1. The Morgan fingerprint density at radius 3 is 2.23 bits per heavy atom. The van der Waals surface area contributed by atoms with E-state index in [2.05, 4.69) is 9.97 Å². The predicted octanol–water partition coefficient (Wildman–Crippen LogP) is 6.24. The zero-order valence-electron chi connectivity index (χ0n) is 11.4. The van der Waals surface area contributed by atoms with Crippen LogP contribution in [-0.2, 0) is 0 Å². The number of hydrogen-bond acceptors (Lipinski definition) is 2. The van der Waals surface area contributed by atoms with Gasteiger partial charge in [-0.2, -0.15) is 0 Å². The van der Waals surface area contributed by atoms with Crippen LogP contribution in [0.2, 0.25) is 20.1 Å². The maximum Gasteiger partial charge on any atom is 0.156 e. The van der Waals surface area contributed by atoms with Crippen molar-refractivity contribution in [2.75, 3.05) is 6.61 Å². The van der Waals surface area contributed by atoms with Crippen LogP contribution in [0, 0.1) is 0 Å². The molecule has 1 N–H and O–H groups in total. The molecule has 0 radical (unpaired) electrons. The molecule has 2 aromatic carbocycles. The minimum Gasteiger partial charge on any atom is -0.491 e. The third-order valence-corrected chi connectivity index (χ3v) is 4.37. The van der Waals surface area contributed by atoms with E-state index in [-0.39, 0.29) is 0 Å². The summed E-state index contributed by atoms with van der Waals surface area (Å²) in [5.74, 6) is 1.09. The van der Waals surface area contributed by atoms with E-state index in [0.717, 1.165) is 11.1 Å². The monoisotopic (exact) mass is 374 g/mol. The second-order valence-electron chi connectivity index (χ2n) is 4.57. The van der Waals surface area contributed by atoms with Gasteiger partial charge >= 0.3 is 0 Å². The summed E-state index contributed by atoms with van der Waals surface area (Å²) in [5, 5.41) is 1.78. The summed E-state index contributed by atoms with van der Waals surface area (Å²) in [7, 11) is 0. The third-order valence-electron chi connectivity index (χ3n) is 3.08. The molecule has 0 saturated carbocycles. The van der Waals surface area contributed by atoms with E-state index in [0.29, 0.717) is 43.8 Å². The van der Waals surface area contributed by atoms with Gasteiger partial charge in [-0.25, -0.2) is 4.98 Å². The average molecular weight is 376 g/mol. The van der Waals surface area contributed by atoms with Crippen LogP contribution >= 0.6 is 46.4 Å². The molecule has 1 heterocycles. The van der Waals surface area contributed by atoms with Crippen molar-refractivity contribution in [1.82, 2.24) is 9.97 Å². The lowest BCUT2D eigenvalue weighted by Gasteiger charge is -2.09. The predicted molar refractivity (Wildman–Crippen MR) is 92.7 cm³/mol. The highest BCUT2D eigenvalue weighted by atomic mass is 35.5. The largest absolute Gasteiger partial charge is 0.491 e. The lowest BCUT2D eigenvalue weighted by molar-refractivity contribution is 0.340. The maximum absolute atomic E-state index is 6.22. The van der Waals surface area contributed by atoms with Crippen LogP contribution in [0.3, 0.4) is 0 Å². The molecule has 0 unspecified atom stereocenters. The van der Waals surface area contributed by atoms with Crippen LogP contribution in [0.5, 0.6) is 5.75 Å². The smallest absolute Gasteiger partial charge is 0.156 e. The fourth-order valence-corrected chi connectivity index (χ4v) is 3.04. The van der Waals surface area contributed by atoms with Gasteiger partial charge in [-0.3, -0.25) is 0 Å². The summed E-state index contributed by atoms with van der Waals surface area (Å²) < 4.78 is 5.42. The number of H-pyrrole nitrogens is 1. The molecule has 0 aliphatic carbocycles. The highest BCUT2D eigenvalue weighted by molar-refractivity contribution is 6.42. The van der Waals surface area contributed by atoms with Gasteiger partial charge in [-0.1, -0.05) is 46.4 Å². The molecule has 22 heavy (non-hydrogen) atoms. The number of imidazole rings is 1. The number of rotatable bonds is 3. The van der Waals surface area contributed by atoms with Gasteiger partial charge in [0.05, 0.1) is 37.7 Å². The Morgan fingerprint density at radius 1 is 0.955 bits per heavy atom. The highest BCUT2D eigenvalue weighted by Crippen LogP contribution is 2.37. The van der Waals surface area contributed by atoms with Crippen molar-refractivity contribution in [2.45, 2.75) is 6.92 Å². The Bertz CT molecular complexity index is 798. The standard InChI is InChI=1S/C15H10Cl4N2O/c1-2-22-14-10(18)3-7(4-11(14)19)15-20-12-5-8(16)9(17)6-13(12)21-15/h3-6H,2H2,1H3,(H,20,21). The number of ether oxygens (including phenoxy) is 1. The molecule has 0 atom stereocenters. The molecular weight excluding hydrogens is 366 g/mol. The van der Waals surface area contributed by atoms with Gasteiger partial charge in [-0.15, -0.1) is 0 Å². The lowest BCUT2D eigenvalue weighted by atomic mass is 10.2. The minimum absolute atomic E-state index is 0.431. The number of aromatic nitrogens is 2. The van der Waals surface area contributed by atoms with Gasteiger partial charge in [0, 0.05) is 5.56 Å². The van der Waals surface area contributed by atoms with Gasteiger partial charge < -0.3 is 9.72 Å². The molecule has 3 aromatic rings. The van der Waals surface area contributed by atoms with E-state index in [4.69, 9.17) is 51.1 Å². The van der Waals surface area contributed by atoms with Crippen molar-refractivity contribution in [3.63, 3.8) is 0 Å².